The van der Waals surface area contributed by atoms with Crippen molar-refractivity contribution in [1.82, 2.24) is 9.88 Å². The topological polar surface area (TPSA) is 72.3 Å². The molecule has 1 aliphatic rings. The number of amides is 1. The molecule has 0 spiro atoms. The summed E-state index contributed by atoms with van der Waals surface area (Å²) in [6.07, 6.45) is -3.02. The number of anilines is 2. The third-order valence-electron chi connectivity index (χ3n) is 4.45. The summed E-state index contributed by atoms with van der Waals surface area (Å²) in [6, 6.07) is 10.4. The Morgan fingerprint density at radius 2 is 1.86 bits per heavy atom. The molecule has 9 heteroatoms. The fraction of sp³-hybridized carbons (Fsp3) is 0.316. The number of hydrogen-bond acceptors (Lipinski definition) is 5. The standard InChI is InChI=1S/C19H18F3N5O/c20-19(21,22)15-3-1-2-4-16(15)25-18(28)13-26-7-9-27(10-8-26)17-6-5-14(11-23)12-24-17/h1-6,12H,7-10,13H2,(H,25,28). The number of pyridine rings is 1. The number of nitrogens with one attached hydrogen (secondary N) is 1. The quantitative estimate of drug-likeness (QED) is 0.871. The van der Waals surface area contributed by atoms with Gasteiger partial charge in [0.25, 0.3) is 0 Å². The number of benzene rings is 1. The van der Waals surface area contributed by atoms with Gasteiger partial charge in [0, 0.05) is 32.4 Å². The van der Waals surface area contributed by atoms with Crippen molar-refractivity contribution < 1.29 is 18.0 Å². The molecule has 2 aromatic rings. The van der Waals surface area contributed by atoms with Crippen LogP contribution in [-0.4, -0.2) is 48.5 Å². The number of hydrogen-bond donors (Lipinski definition) is 1. The molecule has 1 N–H and O–H groups in total. The van der Waals surface area contributed by atoms with E-state index in [1.807, 2.05) is 15.9 Å². The van der Waals surface area contributed by atoms with Gasteiger partial charge in [-0.05, 0) is 24.3 Å². The van der Waals surface area contributed by atoms with Crippen LogP contribution in [0.2, 0.25) is 0 Å². The monoisotopic (exact) mass is 389 g/mol. The predicted molar refractivity (Wildman–Crippen MR) is 97.7 cm³/mol. The van der Waals surface area contributed by atoms with Crippen LogP contribution in [0.5, 0.6) is 0 Å². The number of rotatable bonds is 4. The van der Waals surface area contributed by atoms with Crippen molar-refractivity contribution in [2.45, 2.75) is 6.18 Å². The molecule has 0 radical (unpaired) electrons. The average Bonchev–Trinajstić information content (AvgIpc) is 2.68. The molecule has 1 amide bonds. The third kappa shape index (κ3) is 4.78. The van der Waals surface area contributed by atoms with Gasteiger partial charge in [0.1, 0.15) is 11.9 Å². The van der Waals surface area contributed by atoms with Crippen LogP contribution in [0.3, 0.4) is 0 Å². The first kappa shape index (κ1) is 19.6. The van der Waals surface area contributed by atoms with E-state index in [4.69, 9.17) is 5.26 Å². The van der Waals surface area contributed by atoms with Crippen LogP contribution >= 0.6 is 0 Å². The first-order valence-corrected chi connectivity index (χ1v) is 8.66. The number of aromatic nitrogens is 1. The van der Waals surface area contributed by atoms with E-state index < -0.39 is 17.6 Å². The van der Waals surface area contributed by atoms with E-state index in [0.29, 0.717) is 31.7 Å². The van der Waals surface area contributed by atoms with Gasteiger partial charge in [-0.1, -0.05) is 12.1 Å². The minimum atomic E-state index is -4.52. The number of halogens is 3. The molecule has 0 atom stereocenters. The summed E-state index contributed by atoms with van der Waals surface area (Å²) in [6.45, 7) is 2.43. The van der Waals surface area contributed by atoms with Crippen LogP contribution in [0.25, 0.3) is 0 Å². The highest BCUT2D eigenvalue weighted by atomic mass is 19.4. The predicted octanol–water partition coefficient (Wildman–Crippen LogP) is 2.73. The Hall–Kier alpha value is -3.12. The maximum absolute atomic E-state index is 13.0. The van der Waals surface area contributed by atoms with Crippen LogP contribution < -0.4 is 10.2 Å². The van der Waals surface area contributed by atoms with E-state index in [0.717, 1.165) is 11.9 Å². The Labute approximate surface area is 160 Å². The van der Waals surface area contributed by atoms with E-state index in [-0.39, 0.29) is 12.2 Å². The second kappa shape index (κ2) is 8.27. The Morgan fingerprint density at radius 3 is 2.46 bits per heavy atom. The minimum absolute atomic E-state index is 0.0147. The van der Waals surface area contributed by atoms with Gasteiger partial charge in [0.05, 0.1) is 23.4 Å². The molecule has 0 saturated carbocycles. The third-order valence-corrected chi connectivity index (χ3v) is 4.45. The minimum Gasteiger partial charge on any atom is -0.354 e. The van der Waals surface area contributed by atoms with E-state index in [9.17, 15) is 18.0 Å². The van der Waals surface area contributed by atoms with Gasteiger partial charge in [-0.25, -0.2) is 4.98 Å². The fourth-order valence-corrected chi connectivity index (χ4v) is 3.01. The number of carbonyl (C=O) groups is 1. The summed E-state index contributed by atoms with van der Waals surface area (Å²) in [4.78, 5) is 20.4. The molecule has 0 bridgehead atoms. The molecule has 0 unspecified atom stereocenters. The lowest BCUT2D eigenvalue weighted by molar-refractivity contribution is -0.137. The highest BCUT2D eigenvalue weighted by Crippen LogP contribution is 2.34. The number of alkyl halides is 3. The molecule has 1 aromatic heterocycles. The summed E-state index contributed by atoms with van der Waals surface area (Å²) < 4.78 is 39.1. The lowest BCUT2D eigenvalue weighted by atomic mass is 10.1. The normalized spacial score (nSPS) is 15.1. The van der Waals surface area contributed by atoms with Crippen molar-refractivity contribution in [2.75, 3.05) is 42.9 Å². The van der Waals surface area contributed by atoms with Crippen LogP contribution in [-0.2, 0) is 11.0 Å². The summed E-state index contributed by atoms with van der Waals surface area (Å²) in [5.41, 5.74) is -0.612. The zero-order chi connectivity index (χ0) is 20.1. The fourth-order valence-electron chi connectivity index (χ4n) is 3.01. The molecule has 146 valence electrons. The van der Waals surface area contributed by atoms with Crippen molar-refractivity contribution in [3.63, 3.8) is 0 Å². The number of nitrogens with zero attached hydrogens (tertiary/aromatic N) is 4. The molecule has 0 aliphatic carbocycles. The average molecular weight is 389 g/mol. The SMILES string of the molecule is N#Cc1ccc(N2CCN(CC(=O)Nc3ccccc3C(F)(F)F)CC2)nc1. The summed E-state index contributed by atoms with van der Waals surface area (Å²) in [7, 11) is 0. The van der Waals surface area contributed by atoms with Gasteiger partial charge < -0.3 is 10.2 Å². The van der Waals surface area contributed by atoms with Gasteiger partial charge in [-0.3, -0.25) is 9.69 Å². The molecule has 1 aromatic carbocycles. The van der Waals surface area contributed by atoms with Crippen molar-refractivity contribution >= 4 is 17.4 Å². The van der Waals surface area contributed by atoms with Gasteiger partial charge in [-0.2, -0.15) is 18.4 Å². The zero-order valence-corrected chi connectivity index (χ0v) is 14.9. The summed E-state index contributed by atoms with van der Waals surface area (Å²) in [5, 5.41) is 11.2. The van der Waals surface area contributed by atoms with Crippen LogP contribution in [0.4, 0.5) is 24.7 Å². The molecule has 3 rings (SSSR count). The van der Waals surface area contributed by atoms with Crippen molar-refractivity contribution in [2.24, 2.45) is 0 Å². The lowest BCUT2D eigenvalue weighted by Gasteiger charge is -2.35. The molecule has 1 aliphatic heterocycles. The van der Waals surface area contributed by atoms with Gasteiger partial charge in [0.15, 0.2) is 0 Å². The van der Waals surface area contributed by atoms with Gasteiger partial charge >= 0.3 is 6.18 Å². The highest BCUT2D eigenvalue weighted by Gasteiger charge is 2.33. The van der Waals surface area contributed by atoms with E-state index in [2.05, 4.69) is 10.3 Å². The molecule has 2 heterocycles. The smallest absolute Gasteiger partial charge is 0.354 e. The molecule has 1 fully saturated rings. The number of carbonyl (C=O) groups excluding carboxylic acids is 1. The van der Waals surface area contributed by atoms with Crippen molar-refractivity contribution in [3.8, 4) is 6.07 Å². The first-order chi connectivity index (χ1) is 13.4. The zero-order valence-electron chi connectivity index (χ0n) is 14.9. The second-order valence-corrected chi connectivity index (χ2v) is 6.37. The van der Waals surface area contributed by atoms with Crippen LogP contribution in [0.15, 0.2) is 42.6 Å². The van der Waals surface area contributed by atoms with Crippen molar-refractivity contribution in [1.29, 1.82) is 5.26 Å². The van der Waals surface area contributed by atoms with Crippen molar-refractivity contribution in [3.05, 3.63) is 53.7 Å². The molecular weight excluding hydrogens is 371 g/mol. The van der Waals surface area contributed by atoms with E-state index in [1.165, 1.54) is 24.4 Å². The van der Waals surface area contributed by atoms with E-state index in [1.54, 1.807) is 12.1 Å². The molecular formula is C19H18F3N5O. The van der Waals surface area contributed by atoms with E-state index >= 15 is 0 Å². The highest BCUT2D eigenvalue weighted by molar-refractivity contribution is 5.93. The van der Waals surface area contributed by atoms with Gasteiger partial charge in [0.2, 0.25) is 5.91 Å². The lowest BCUT2D eigenvalue weighted by Crippen LogP contribution is -2.49. The van der Waals surface area contributed by atoms with Crippen LogP contribution in [0.1, 0.15) is 11.1 Å². The van der Waals surface area contributed by atoms with Crippen LogP contribution in [0, 0.1) is 11.3 Å². The Kier molecular flexibility index (Phi) is 5.80. The largest absolute Gasteiger partial charge is 0.418 e. The number of nitriles is 1. The summed E-state index contributed by atoms with van der Waals surface area (Å²) in [5.74, 6) is 0.267. The number of piperazine rings is 1. The summed E-state index contributed by atoms with van der Waals surface area (Å²) >= 11 is 0. The number of para-hydroxylation sites is 1. The molecule has 1 saturated heterocycles. The molecule has 6 nitrogen and oxygen atoms in total. The second-order valence-electron chi connectivity index (χ2n) is 6.37. The maximum Gasteiger partial charge on any atom is 0.418 e. The Morgan fingerprint density at radius 1 is 1.14 bits per heavy atom. The molecule has 28 heavy (non-hydrogen) atoms. The Balaban J connectivity index is 1.54. The maximum atomic E-state index is 13.0. The first-order valence-electron chi connectivity index (χ1n) is 8.66. The Bertz CT molecular complexity index is 868. The van der Waals surface area contributed by atoms with Gasteiger partial charge in [-0.15, -0.1) is 0 Å².